The fourth-order valence-corrected chi connectivity index (χ4v) is 3.96. The van der Waals surface area contributed by atoms with Gasteiger partial charge in [0.25, 0.3) is 0 Å². The van der Waals surface area contributed by atoms with Crippen molar-refractivity contribution in [3.05, 3.63) is 29.8 Å². The van der Waals surface area contributed by atoms with Crippen LogP contribution in [0.1, 0.15) is 44.1 Å². The maximum Gasteiger partial charge on any atom is 0.220 e. The molecule has 1 aliphatic carbocycles. The minimum atomic E-state index is 0.190. The number of para-hydroxylation sites is 1. The minimum Gasteiger partial charge on any atom is -0.354 e. The Bertz CT molecular complexity index is 607. The second-order valence-corrected chi connectivity index (χ2v) is 7.06. The van der Waals surface area contributed by atoms with Gasteiger partial charge in [0.2, 0.25) is 5.91 Å². The lowest BCUT2D eigenvalue weighted by Gasteiger charge is -2.23. The van der Waals surface area contributed by atoms with Gasteiger partial charge < -0.3 is 15.5 Å². The van der Waals surface area contributed by atoms with Crippen molar-refractivity contribution in [1.29, 1.82) is 0 Å². The van der Waals surface area contributed by atoms with Crippen molar-refractivity contribution < 1.29 is 4.79 Å². The maximum absolute atomic E-state index is 12.1. The highest BCUT2D eigenvalue weighted by Gasteiger charge is 2.22. The van der Waals surface area contributed by atoms with Crippen molar-refractivity contribution in [3.63, 3.8) is 0 Å². The van der Waals surface area contributed by atoms with Gasteiger partial charge in [0.15, 0.2) is 5.96 Å². The van der Waals surface area contributed by atoms with Gasteiger partial charge in [0, 0.05) is 38.8 Å². The van der Waals surface area contributed by atoms with E-state index < -0.39 is 0 Å². The smallest absolute Gasteiger partial charge is 0.220 e. The summed E-state index contributed by atoms with van der Waals surface area (Å²) in [7, 11) is 1.81. The SMILES string of the molecule is CN=C(NCCNC(=O)CC1CCCCC1)N1CCc2ccccc21. The van der Waals surface area contributed by atoms with Gasteiger partial charge in [0.05, 0.1) is 0 Å². The van der Waals surface area contributed by atoms with Crippen LogP contribution in [0.15, 0.2) is 29.3 Å². The van der Waals surface area contributed by atoms with Crippen LogP contribution in [0, 0.1) is 5.92 Å². The number of guanidine groups is 1. The van der Waals surface area contributed by atoms with E-state index in [2.05, 4.69) is 44.8 Å². The van der Waals surface area contributed by atoms with Gasteiger partial charge in [0.1, 0.15) is 0 Å². The van der Waals surface area contributed by atoms with Crippen molar-refractivity contribution in [2.45, 2.75) is 44.9 Å². The summed E-state index contributed by atoms with van der Waals surface area (Å²) in [6, 6.07) is 8.46. The highest BCUT2D eigenvalue weighted by atomic mass is 16.1. The summed E-state index contributed by atoms with van der Waals surface area (Å²) in [6.45, 7) is 2.29. The molecule has 0 atom stereocenters. The molecule has 0 saturated heterocycles. The van der Waals surface area contributed by atoms with Crippen LogP contribution in [-0.4, -0.2) is 38.5 Å². The number of carbonyl (C=O) groups excluding carboxylic acids is 1. The summed E-state index contributed by atoms with van der Waals surface area (Å²) >= 11 is 0. The van der Waals surface area contributed by atoms with Crippen LogP contribution in [0.2, 0.25) is 0 Å². The number of benzene rings is 1. The fraction of sp³-hybridized carbons (Fsp3) is 0.600. The Hall–Kier alpha value is -2.04. The number of nitrogens with one attached hydrogen (secondary N) is 2. The third kappa shape index (κ3) is 4.74. The number of hydrogen-bond donors (Lipinski definition) is 2. The topological polar surface area (TPSA) is 56.7 Å². The Balaban J connectivity index is 1.40. The van der Waals surface area contributed by atoms with E-state index in [9.17, 15) is 4.79 Å². The molecule has 0 bridgehead atoms. The predicted molar refractivity (Wildman–Crippen MR) is 103 cm³/mol. The highest BCUT2D eigenvalue weighted by molar-refractivity contribution is 5.97. The Labute approximate surface area is 150 Å². The molecule has 0 spiro atoms. The fourth-order valence-electron chi connectivity index (χ4n) is 3.96. The van der Waals surface area contributed by atoms with Crippen LogP contribution in [0.5, 0.6) is 0 Å². The number of anilines is 1. The third-order valence-corrected chi connectivity index (χ3v) is 5.28. The lowest BCUT2D eigenvalue weighted by Crippen LogP contribution is -2.43. The third-order valence-electron chi connectivity index (χ3n) is 5.28. The molecule has 1 aromatic carbocycles. The summed E-state index contributed by atoms with van der Waals surface area (Å²) in [5.74, 6) is 1.66. The average Bonchev–Trinajstić information content (AvgIpc) is 3.07. The van der Waals surface area contributed by atoms with E-state index in [0.717, 1.165) is 18.9 Å². The number of nitrogens with zero attached hydrogens (tertiary/aromatic N) is 2. The van der Waals surface area contributed by atoms with Crippen LogP contribution in [0.4, 0.5) is 5.69 Å². The minimum absolute atomic E-state index is 0.190. The molecule has 2 N–H and O–H groups in total. The lowest BCUT2D eigenvalue weighted by atomic mass is 9.87. The molecule has 1 aliphatic heterocycles. The van der Waals surface area contributed by atoms with Gasteiger partial charge in [-0.15, -0.1) is 0 Å². The summed E-state index contributed by atoms with van der Waals surface area (Å²) in [5.41, 5.74) is 2.60. The molecule has 0 unspecified atom stereocenters. The Morgan fingerprint density at radius 2 is 1.92 bits per heavy atom. The molecule has 1 amide bonds. The number of hydrogen-bond acceptors (Lipinski definition) is 2. The van der Waals surface area contributed by atoms with Gasteiger partial charge in [-0.25, -0.2) is 0 Å². The molecular formula is C20H30N4O. The molecule has 1 aromatic rings. The van der Waals surface area contributed by atoms with Gasteiger partial charge in [-0.3, -0.25) is 9.79 Å². The molecule has 2 aliphatic rings. The van der Waals surface area contributed by atoms with E-state index in [1.807, 2.05) is 7.05 Å². The lowest BCUT2D eigenvalue weighted by molar-refractivity contribution is -0.122. The van der Waals surface area contributed by atoms with E-state index in [1.54, 1.807) is 0 Å². The van der Waals surface area contributed by atoms with Crippen molar-refractivity contribution in [2.24, 2.45) is 10.9 Å². The second-order valence-electron chi connectivity index (χ2n) is 7.06. The van der Waals surface area contributed by atoms with E-state index in [-0.39, 0.29) is 5.91 Å². The van der Waals surface area contributed by atoms with E-state index in [4.69, 9.17) is 0 Å². The molecule has 5 heteroatoms. The Morgan fingerprint density at radius 3 is 2.72 bits per heavy atom. The van der Waals surface area contributed by atoms with E-state index in [1.165, 1.54) is 43.4 Å². The van der Waals surface area contributed by atoms with E-state index in [0.29, 0.717) is 25.4 Å². The monoisotopic (exact) mass is 342 g/mol. The molecular weight excluding hydrogens is 312 g/mol. The Kier molecular flexibility index (Phi) is 6.31. The number of fused-ring (bicyclic) bond motifs is 1. The molecule has 0 radical (unpaired) electrons. The molecule has 1 fully saturated rings. The van der Waals surface area contributed by atoms with Crippen LogP contribution < -0.4 is 15.5 Å². The first kappa shape index (κ1) is 17.8. The molecule has 136 valence electrons. The molecule has 5 nitrogen and oxygen atoms in total. The molecule has 25 heavy (non-hydrogen) atoms. The zero-order valence-corrected chi connectivity index (χ0v) is 15.3. The average molecular weight is 342 g/mol. The highest BCUT2D eigenvalue weighted by Crippen LogP contribution is 2.27. The molecule has 1 heterocycles. The summed E-state index contributed by atoms with van der Waals surface area (Å²) < 4.78 is 0. The first-order chi connectivity index (χ1) is 12.3. The Morgan fingerprint density at radius 1 is 1.16 bits per heavy atom. The summed E-state index contributed by atoms with van der Waals surface area (Å²) in [6.07, 6.45) is 8.07. The molecule has 1 saturated carbocycles. The largest absolute Gasteiger partial charge is 0.354 e. The van der Waals surface area contributed by atoms with Crippen LogP contribution >= 0.6 is 0 Å². The standard InChI is InChI=1S/C20H30N4O/c1-21-20(24-14-11-17-9-5-6-10-18(17)24)23-13-12-22-19(25)15-16-7-3-2-4-8-16/h5-6,9-10,16H,2-4,7-8,11-15H2,1H3,(H,21,23)(H,22,25). The van der Waals surface area contributed by atoms with E-state index >= 15 is 0 Å². The van der Waals surface area contributed by atoms with Gasteiger partial charge in [-0.1, -0.05) is 37.5 Å². The second kappa shape index (κ2) is 8.88. The summed E-state index contributed by atoms with van der Waals surface area (Å²) in [5, 5.41) is 6.42. The summed E-state index contributed by atoms with van der Waals surface area (Å²) in [4.78, 5) is 18.7. The zero-order chi connectivity index (χ0) is 17.5. The first-order valence-electron chi connectivity index (χ1n) is 9.60. The predicted octanol–water partition coefficient (Wildman–Crippen LogP) is 2.71. The van der Waals surface area contributed by atoms with Gasteiger partial charge in [-0.2, -0.15) is 0 Å². The number of carbonyl (C=O) groups is 1. The molecule has 3 rings (SSSR count). The maximum atomic E-state index is 12.1. The molecule has 0 aromatic heterocycles. The number of amides is 1. The van der Waals surface area contributed by atoms with Gasteiger partial charge in [-0.05, 0) is 36.8 Å². The number of aliphatic imine (C=N–C) groups is 1. The van der Waals surface area contributed by atoms with Crippen molar-refractivity contribution in [3.8, 4) is 0 Å². The van der Waals surface area contributed by atoms with Crippen LogP contribution in [0.3, 0.4) is 0 Å². The van der Waals surface area contributed by atoms with Crippen molar-refractivity contribution >= 4 is 17.6 Å². The van der Waals surface area contributed by atoms with Crippen molar-refractivity contribution in [2.75, 3.05) is 31.6 Å². The van der Waals surface area contributed by atoms with Crippen LogP contribution in [-0.2, 0) is 11.2 Å². The van der Waals surface area contributed by atoms with Gasteiger partial charge >= 0.3 is 0 Å². The van der Waals surface area contributed by atoms with Crippen LogP contribution in [0.25, 0.3) is 0 Å². The zero-order valence-electron chi connectivity index (χ0n) is 15.3. The quantitative estimate of drug-likeness (QED) is 0.491. The normalized spacial score (nSPS) is 18.1. The van der Waals surface area contributed by atoms with Crippen molar-refractivity contribution in [1.82, 2.24) is 10.6 Å². The first-order valence-corrected chi connectivity index (χ1v) is 9.60. The number of rotatable bonds is 5.